The average Bonchev–Trinajstić information content (AvgIpc) is 3.04. The van der Waals surface area contributed by atoms with Crippen LogP contribution in [0, 0.1) is 0 Å². The number of fused-ring (bicyclic) bond motifs is 1. The highest BCUT2D eigenvalue weighted by molar-refractivity contribution is 6.01. The van der Waals surface area contributed by atoms with Gasteiger partial charge in [-0.15, -0.1) is 0 Å². The van der Waals surface area contributed by atoms with E-state index in [0.29, 0.717) is 6.54 Å². The molecule has 1 aliphatic rings. The maximum atomic E-state index is 12.7. The zero-order valence-corrected chi connectivity index (χ0v) is 14.5. The molecular formula is C19H18F3N3O2. The van der Waals surface area contributed by atoms with Crippen LogP contribution in [0.5, 0.6) is 0 Å². The number of nitrogens with zero attached hydrogens (tertiary/aromatic N) is 1. The fraction of sp³-hybridized carbons (Fsp3) is 0.263. The Morgan fingerprint density at radius 1 is 1.11 bits per heavy atom. The lowest BCUT2D eigenvalue weighted by Gasteiger charge is -2.22. The number of halogens is 3. The maximum absolute atomic E-state index is 12.7. The van der Waals surface area contributed by atoms with E-state index in [1.54, 1.807) is 4.90 Å². The Morgan fingerprint density at radius 3 is 2.59 bits per heavy atom. The minimum Gasteiger partial charge on any atom is -0.326 e. The highest BCUT2D eigenvalue weighted by atomic mass is 19.4. The molecule has 2 aromatic carbocycles. The van der Waals surface area contributed by atoms with E-state index in [9.17, 15) is 22.8 Å². The number of carbonyl (C=O) groups excluding carboxylic acids is 2. The summed E-state index contributed by atoms with van der Waals surface area (Å²) in [6.45, 7) is 2.06. The molecule has 0 spiro atoms. The van der Waals surface area contributed by atoms with Crippen molar-refractivity contribution in [2.45, 2.75) is 25.6 Å². The lowest BCUT2D eigenvalue weighted by Crippen LogP contribution is -2.47. The Labute approximate surface area is 154 Å². The fourth-order valence-electron chi connectivity index (χ4n) is 3.00. The molecule has 1 unspecified atom stereocenters. The molecular weight excluding hydrogens is 359 g/mol. The number of hydrogen-bond acceptors (Lipinski definition) is 2. The van der Waals surface area contributed by atoms with Gasteiger partial charge in [-0.1, -0.05) is 24.3 Å². The third kappa shape index (κ3) is 4.21. The fourth-order valence-corrected chi connectivity index (χ4v) is 3.00. The zero-order chi connectivity index (χ0) is 19.6. The van der Waals surface area contributed by atoms with Crippen LogP contribution in [0.4, 0.5) is 29.3 Å². The average molecular weight is 377 g/mol. The molecule has 2 aromatic rings. The smallest absolute Gasteiger partial charge is 0.326 e. The van der Waals surface area contributed by atoms with Gasteiger partial charge in [0.1, 0.15) is 6.04 Å². The van der Waals surface area contributed by atoms with E-state index in [-0.39, 0.29) is 11.6 Å². The number of anilines is 2. The normalized spacial score (nSPS) is 14.4. The predicted octanol–water partition coefficient (Wildman–Crippen LogP) is 3.80. The molecule has 1 heterocycles. The van der Waals surface area contributed by atoms with Crippen LogP contribution in [0.1, 0.15) is 18.1 Å². The molecule has 0 radical (unpaired) electrons. The topological polar surface area (TPSA) is 61.4 Å². The Morgan fingerprint density at radius 2 is 1.85 bits per heavy atom. The first-order chi connectivity index (χ1) is 12.8. The van der Waals surface area contributed by atoms with Crippen molar-refractivity contribution in [2.24, 2.45) is 0 Å². The minimum absolute atomic E-state index is 0.00603. The number of benzene rings is 2. The number of alkyl halides is 3. The Balaban J connectivity index is 1.62. The van der Waals surface area contributed by atoms with Gasteiger partial charge in [-0.2, -0.15) is 13.2 Å². The molecule has 0 fully saturated rings. The van der Waals surface area contributed by atoms with E-state index in [2.05, 4.69) is 10.6 Å². The molecule has 2 N–H and O–H groups in total. The molecule has 1 aliphatic heterocycles. The summed E-state index contributed by atoms with van der Waals surface area (Å²) in [5, 5.41) is 4.80. The van der Waals surface area contributed by atoms with Gasteiger partial charge in [-0.05, 0) is 43.2 Å². The third-order valence-corrected chi connectivity index (χ3v) is 4.32. The van der Waals surface area contributed by atoms with Crippen molar-refractivity contribution in [3.05, 3.63) is 59.7 Å². The second kappa shape index (κ2) is 7.30. The first-order valence-electron chi connectivity index (χ1n) is 8.40. The first kappa shape index (κ1) is 18.8. The van der Waals surface area contributed by atoms with Gasteiger partial charge in [0.05, 0.1) is 5.56 Å². The number of urea groups is 1. The van der Waals surface area contributed by atoms with E-state index in [1.165, 1.54) is 19.1 Å². The van der Waals surface area contributed by atoms with E-state index < -0.39 is 23.8 Å². The molecule has 3 amide bonds. The predicted molar refractivity (Wildman–Crippen MR) is 95.6 cm³/mol. The Kier molecular flexibility index (Phi) is 5.07. The minimum atomic E-state index is -4.50. The zero-order valence-electron chi connectivity index (χ0n) is 14.5. The summed E-state index contributed by atoms with van der Waals surface area (Å²) >= 11 is 0. The van der Waals surface area contributed by atoms with Crippen LogP contribution >= 0.6 is 0 Å². The molecule has 5 nitrogen and oxygen atoms in total. The van der Waals surface area contributed by atoms with E-state index in [0.717, 1.165) is 29.8 Å². The molecule has 142 valence electrons. The number of rotatable bonds is 3. The highest BCUT2D eigenvalue weighted by Crippen LogP contribution is 2.31. The van der Waals surface area contributed by atoms with Crippen LogP contribution in [0.2, 0.25) is 0 Å². The van der Waals surface area contributed by atoms with Gasteiger partial charge >= 0.3 is 12.2 Å². The number of nitrogens with one attached hydrogen (secondary N) is 2. The van der Waals surface area contributed by atoms with E-state index in [1.807, 2.05) is 24.3 Å². The number of para-hydroxylation sites is 1. The number of hydrogen-bond donors (Lipinski definition) is 2. The van der Waals surface area contributed by atoms with Crippen molar-refractivity contribution < 1.29 is 22.8 Å². The molecule has 27 heavy (non-hydrogen) atoms. The molecule has 3 rings (SSSR count). The van der Waals surface area contributed by atoms with Crippen molar-refractivity contribution in [3.8, 4) is 0 Å². The number of amides is 3. The van der Waals surface area contributed by atoms with Crippen LogP contribution in [-0.2, 0) is 17.4 Å². The van der Waals surface area contributed by atoms with Crippen molar-refractivity contribution in [2.75, 3.05) is 16.8 Å². The van der Waals surface area contributed by atoms with Crippen LogP contribution in [-0.4, -0.2) is 24.5 Å². The summed E-state index contributed by atoms with van der Waals surface area (Å²) < 4.78 is 38.2. The monoisotopic (exact) mass is 377 g/mol. The first-order valence-corrected chi connectivity index (χ1v) is 8.40. The van der Waals surface area contributed by atoms with Crippen molar-refractivity contribution in [3.63, 3.8) is 0 Å². The van der Waals surface area contributed by atoms with Crippen molar-refractivity contribution in [1.82, 2.24) is 5.32 Å². The second-order valence-electron chi connectivity index (χ2n) is 6.27. The summed E-state index contributed by atoms with van der Waals surface area (Å²) in [4.78, 5) is 26.3. The van der Waals surface area contributed by atoms with Gasteiger partial charge in [0.2, 0.25) is 5.91 Å². The molecule has 8 heteroatoms. The highest BCUT2D eigenvalue weighted by Gasteiger charge is 2.31. The summed E-state index contributed by atoms with van der Waals surface area (Å²) in [7, 11) is 0. The van der Waals surface area contributed by atoms with Crippen LogP contribution in [0.25, 0.3) is 0 Å². The SMILES string of the molecule is CC(NC(=O)Nc1cccc(C(F)(F)F)c1)C(=O)N1CCc2ccccc21. The lowest BCUT2D eigenvalue weighted by atomic mass is 10.2. The van der Waals surface area contributed by atoms with Gasteiger partial charge < -0.3 is 15.5 Å². The second-order valence-corrected chi connectivity index (χ2v) is 6.27. The molecule has 1 atom stereocenters. The molecule has 0 bridgehead atoms. The quantitative estimate of drug-likeness (QED) is 0.855. The number of carbonyl (C=O) groups is 2. The summed E-state index contributed by atoms with van der Waals surface area (Å²) in [5.74, 6) is -0.279. The maximum Gasteiger partial charge on any atom is 0.416 e. The van der Waals surface area contributed by atoms with E-state index in [4.69, 9.17) is 0 Å². The van der Waals surface area contributed by atoms with Crippen molar-refractivity contribution >= 4 is 23.3 Å². The Hall–Kier alpha value is -3.03. The van der Waals surface area contributed by atoms with Crippen molar-refractivity contribution in [1.29, 1.82) is 0 Å². The van der Waals surface area contributed by atoms with Gasteiger partial charge in [-0.3, -0.25) is 4.79 Å². The van der Waals surface area contributed by atoms with Crippen LogP contribution < -0.4 is 15.5 Å². The summed E-state index contributed by atoms with van der Waals surface area (Å²) in [5.41, 5.74) is 1.01. The Bertz CT molecular complexity index is 867. The summed E-state index contributed by atoms with van der Waals surface area (Å²) in [6, 6.07) is 10.2. The van der Waals surface area contributed by atoms with Gasteiger partial charge in [0.25, 0.3) is 0 Å². The molecule has 0 aromatic heterocycles. The molecule has 0 aliphatic carbocycles. The van der Waals surface area contributed by atoms with E-state index >= 15 is 0 Å². The van der Waals surface area contributed by atoms with Crippen LogP contribution in [0.3, 0.4) is 0 Å². The standard InChI is InChI=1S/C19H18F3N3O2/c1-12(17(26)25-10-9-13-5-2-3-8-16(13)25)23-18(27)24-15-7-4-6-14(11-15)19(20,21)22/h2-8,11-12H,9-10H2,1H3,(H2,23,24,27). The van der Waals surface area contributed by atoms with Gasteiger partial charge in [-0.25, -0.2) is 4.79 Å². The van der Waals surface area contributed by atoms with Gasteiger partial charge in [0, 0.05) is 17.9 Å². The van der Waals surface area contributed by atoms with Gasteiger partial charge in [0.15, 0.2) is 0 Å². The third-order valence-electron chi connectivity index (χ3n) is 4.32. The lowest BCUT2D eigenvalue weighted by molar-refractivity contribution is -0.137. The largest absolute Gasteiger partial charge is 0.416 e. The molecule has 0 saturated heterocycles. The van der Waals surface area contributed by atoms with Crippen LogP contribution in [0.15, 0.2) is 48.5 Å². The summed E-state index contributed by atoms with van der Waals surface area (Å²) in [6.07, 6.45) is -3.76. The molecule has 0 saturated carbocycles.